The minimum Gasteiger partial charge on any atom is -0.310 e. The van der Waals surface area contributed by atoms with Crippen molar-refractivity contribution < 1.29 is 27.2 Å². The lowest BCUT2D eigenvalue weighted by Crippen LogP contribution is -2.50. The Balaban J connectivity index is 1.97. The molecule has 0 spiro atoms. The lowest BCUT2D eigenvalue weighted by atomic mass is 10.1. The maximum atomic E-state index is 13.9. The molecule has 3 rings (SSSR count). The number of carbonyl (C=O) groups excluding carboxylic acids is 2. The Bertz CT molecular complexity index is 1070. The zero-order chi connectivity index (χ0) is 25.2. The number of benzene rings is 1. The Labute approximate surface area is 195 Å². The van der Waals surface area contributed by atoms with Crippen LogP contribution >= 0.6 is 0 Å². The van der Waals surface area contributed by atoms with Gasteiger partial charge in [-0.15, -0.1) is 0 Å². The van der Waals surface area contributed by atoms with E-state index in [4.69, 9.17) is 0 Å². The highest BCUT2D eigenvalue weighted by Crippen LogP contribution is 2.33. The lowest BCUT2D eigenvalue weighted by molar-refractivity contribution is -0.137. The summed E-state index contributed by atoms with van der Waals surface area (Å²) in [6.45, 7) is 3.92. The number of aryl methyl sites for hydroxylation is 2. The van der Waals surface area contributed by atoms with E-state index in [1.54, 1.807) is 6.92 Å². The van der Waals surface area contributed by atoms with Crippen LogP contribution < -0.4 is 15.3 Å². The number of hydrazine groups is 1. The first-order valence-corrected chi connectivity index (χ1v) is 10.7. The van der Waals surface area contributed by atoms with Gasteiger partial charge in [0.15, 0.2) is 0 Å². The highest BCUT2D eigenvalue weighted by atomic mass is 19.4. The Hall–Kier alpha value is -3.21. The van der Waals surface area contributed by atoms with Crippen molar-refractivity contribution in [3.05, 3.63) is 53.0 Å². The lowest BCUT2D eigenvalue weighted by Gasteiger charge is -2.31. The molecule has 1 N–H and O–H groups in total. The Kier molecular flexibility index (Phi) is 7.44. The van der Waals surface area contributed by atoms with Crippen LogP contribution in [0.25, 0.3) is 0 Å². The number of anilines is 2. The zero-order valence-electron chi connectivity index (χ0n) is 19.4. The minimum absolute atomic E-state index is 0.0918. The van der Waals surface area contributed by atoms with Crippen molar-refractivity contribution in [1.82, 2.24) is 15.3 Å². The second-order valence-corrected chi connectivity index (χ2v) is 8.56. The highest BCUT2D eigenvalue weighted by molar-refractivity contribution is 6.03. The van der Waals surface area contributed by atoms with Gasteiger partial charge in [0, 0.05) is 17.9 Å². The molecule has 1 saturated heterocycles. The van der Waals surface area contributed by atoms with E-state index in [0.717, 1.165) is 17.1 Å². The normalized spacial score (nSPS) is 16.2. The standard InChI is InChI=1S/C23H27F4N5O2/c1-14-10-17(6-7-18(14)24)31(9-5-8-30(3)4)22(34)19-13-21(33)29-32(19)20-12-16(23(25,26)27)11-15(2)28-20/h6-7,10-12,19H,5,8-9,13H2,1-4H3,(H,29,33). The second kappa shape index (κ2) is 9.96. The smallest absolute Gasteiger partial charge is 0.310 e. The number of hydrogen-bond donors (Lipinski definition) is 1. The van der Waals surface area contributed by atoms with Gasteiger partial charge in [0.2, 0.25) is 5.91 Å². The van der Waals surface area contributed by atoms with Gasteiger partial charge in [0.05, 0.1) is 12.0 Å². The molecule has 1 aliphatic heterocycles. The van der Waals surface area contributed by atoms with Crippen LogP contribution in [0.2, 0.25) is 0 Å². The van der Waals surface area contributed by atoms with Gasteiger partial charge in [-0.2, -0.15) is 13.2 Å². The van der Waals surface area contributed by atoms with Crippen LogP contribution in [0.15, 0.2) is 30.3 Å². The molecule has 1 aromatic carbocycles. The van der Waals surface area contributed by atoms with E-state index >= 15 is 0 Å². The number of nitrogens with one attached hydrogen (secondary N) is 1. The first-order chi connectivity index (χ1) is 15.9. The first-order valence-electron chi connectivity index (χ1n) is 10.7. The van der Waals surface area contributed by atoms with Crippen molar-refractivity contribution in [2.75, 3.05) is 37.1 Å². The molecular weight excluding hydrogens is 454 g/mol. The van der Waals surface area contributed by atoms with Crippen molar-refractivity contribution in [2.45, 2.75) is 38.9 Å². The summed E-state index contributed by atoms with van der Waals surface area (Å²) in [5.74, 6) is -1.62. The number of halogens is 4. The number of aromatic nitrogens is 1. The third-order valence-corrected chi connectivity index (χ3v) is 5.44. The topological polar surface area (TPSA) is 68.8 Å². The molecule has 2 aromatic rings. The average Bonchev–Trinajstić information content (AvgIpc) is 3.13. The van der Waals surface area contributed by atoms with Crippen molar-refractivity contribution >= 4 is 23.3 Å². The van der Waals surface area contributed by atoms with Crippen molar-refractivity contribution in [3.8, 4) is 0 Å². The van der Waals surface area contributed by atoms with Crippen LogP contribution in [-0.2, 0) is 15.8 Å². The summed E-state index contributed by atoms with van der Waals surface area (Å²) in [7, 11) is 3.77. The number of hydrogen-bond acceptors (Lipinski definition) is 5. The molecule has 34 heavy (non-hydrogen) atoms. The van der Waals surface area contributed by atoms with E-state index in [9.17, 15) is 27.2 Å². The van der Waals surface area contributed by atoms with Gasteiger partial charge >= 0.3 is 6.18 Å². The molecule has 1 fully saturated rings. The van der Waals surface area contributed by atoms with Gasteiger partial charge in [0.25, 0.3) is 5.91 Å². The van der Waals surface area contributed by atoms with Gasteiger partial charge in [-0.3, -0.25) is 20.0 Å². The molecular formula is C23H27F4N5O2. The average molecular weight is 481 g/mol. The maximum absolute atomic E-state index is 13.9. The predicted molar refractivity (Wildman–Crippen MR) is 120 cm³/mol. The van der Waals surface area contributed by atoms with E-state index in [1.165, 1.54) is 30.0 Å². The number of rotatable bonds is 7. The maximum Gasteiger partial charge on any atom is 0.416 e. The first kappa shape index (κ1) is 25.4. The number of alkyl halides is 3. The van der Waals surface area contributed by atoms with E-state index in [0.29, 0.717) is 24.2 Å². The number of pyridine rings is 1. The van der Waals surface area contributed by atoms with Crippen LogP contribution in [0.3, 0.4) is 0 Å². The fourth-order valence-corrected chi connectivity index (χ4v) is 3.77. The molecule has 0 aliphatic carbocycles. The molecule has 1 aliphatic rings. The van der Waals surface area contributed by atoms with Crippen molar-refractivity contribution in [2.24, 2.45) is 0 Å². The zero-order valence-corrected chi connectivity index (χ0v) is 19.4. The number of nitrogens with zero attached hydrogens (tertiary/aromatic N) is 4. The largest absolute Gasteiger partial charge is 0.416 e. The number of carbonyl (C=O) groups is 2. The molecule has 184 valence electrons. The predicted octanol–water partition coefficient (Wildman–Crippen LogP) is 3.45. The van der Waals surface area contributed by atoms with Crippen LogP contribution in [0.5, 0.6) is 0 Å². The summed E-state index contributed by atoms with van der Waals surface area (Å²) < 4.78 is 53.9. The van der Waals surface area contributed by atoms with E-state index in [1.807, 2.05) is 19.0 Å². The van der Waals surface area contributed by atoms with Crippen molar-refractivity contribution in [3.63, 3.8) is 0 Å². The molecule has 0 saturated carbocycles. The SMILES string of the molecule is Cc1cc(C(F)(F)F)cc(N2NC(=O)CC2C(=O)N(CCCN(C)C)c2ccc(F)c(C)c2)n1. The van der Waals surface area contributed by atoms with Gasteiger partial charge in [-0.25, -0.2) is 9.37 Å². The summed E-state index contributed by atoms with van der Waals surface area (Å²) in [6.07, 6.45) is -4.28. The van der Waals surface area contributed by atoms with Gasteiger partial charge in [-0.1, -0.05) is 0 Å². The van der Waals surface area contributed by atoms with Crippen LogP contribution in [0, 0.1) is 19.7 Å². The molecule has 11 heteroatoms. The fraction of sp³-hybridized carbons (Fsp3) is 0.435. The van der Waals surface area contributed by atoms with Crippen LogP contribution in [0.4, 0.5) is 29.1 Å². The van der Waals surface area contributed by atoms with Crippen LogP contribution in [-0.4, -0.2) is 54.9 Å². The Morgan fingerprint density at radius 2 is 1.88 bits per heavy atom. The number of amides is 2. The summed E-state index contributed by atoms with van der Waals surface area (Å²) in [5.41, 5.74) is 2.40. The third kappa shape index (κ3) is 5.82. The highest BCUT2D eigenvalue weighted by Gasteiger charge is 2.41. The quantitative estimate of drug-likeness (QED) is 0.614. The second-order valence-electron chi connectivity index (χ2n) is 8.56. The summed E-state index contributed by atoms with van der Waals surface area (Å²) in [4.78, 5) is 33.4. The van der Waals surface area contributed by atoms with Crippen molar-refractivity contribution in [1.29, 1.82) is 0 Å². The Morgan fingerprint density at radius 3 is 2.50 bits per heavy atom. The van der Waals surface area contributed by atoms with E-state index < -0.39 is 35.4 Å². The summed E-state index contributed by atoms with van der Waals surface area (Å²) in [5, 5.41) is 1.09. The molecule has 2 amide bonds. The third-order valence-electron chi connectivity index (χ3n) is 5.44. The van der Waals surface area contributed by atoms with E-state index in [2.05, 4.69) is 10.4 Å². The monoisotopic (exact) mass is 481 g/mol. The molecule has 0 radical (unpaired) electrons. The molecule has 2 heterocycles. The summed E-state index contributed by atoms with van der Waals surface area (Å²) in [6, 6.07) is 4.84. The molecule has 7 nitrogen and oxygen atoms in total. The van der Waals surface area contributed by atoms with E-state index in [-0.39, 0.29) is 24.5 Å². The molecule has 0 bridgehead atoms. The Morgan fingerprint density at radius 1 is 1.18 bits per heavy atom. The summed E-state index contributed by atoms with van der Waals surface area (Å²) >= 11 is 0. The molecule has 1 atom stereocenters. The molecule has 1 unspecified atom stereocenters. The van der Waals surface area contributed by atoms with Gasteiger partial charge < -0.3 is 9.80 Å². The van der Waals surface area contributed by atoms with Crippen LogP contribution in [0.1, 0.15) is 29.7 Å². The fourth-order valence-electron chi connectivity index (χ4n) is 3.77. The molecule has 1 aromatic heterocycles. The van der Waals surface area contributed by atoms with Gasteiger partial charge in [-0.05, 0) is 76.8 Å². The van der Waals surface area contributed by atoms with Gasteiger partial charge in [0.1, 0.15) is 17.7 Å². The minimum atomic E-state index is -4.62.